The standard InChI is InChI=1S/C23H21ClF2N6O2/c1-2-28-16-8-13(24)6-5-12(16)7-15-18(11-3-4-11)29-22-17(21(27)34)19(20(25)26)30-32(22)23(15)31-9-14(33)10-31/h2,5-8,11,14,20,33H,1,3-4,9-10H2,(H2,27,34)/b12-7+,28-16?. The second-order valence-corrected chi connectivity index (χ2v) is 8.82. The van der Waals surface area contributed by atoms with E-state index in [1.807, 2.05) is 11.0 Å². The van der Waals surface area contributed by atoms with Gasteiger partial charge in [-0.1, -0.05) is 24.3 Å². The van der Waals surface area contributed by atoms with Gasteiger partial charge in [0, 0.05) is 41.4 Å². The number of anilines is 1. The van der Waals surface area contributed by atoms with Gasteiger partial charge < -0.3 is 15.7 Å². The molecule has 2 fully saturated rings. The minimum Gasteiger partial charge on any atom is -0.389 e. The minimum atomic E-state index is -3.01. The van der Waals surface area contributed by atoms with Crippen molar-refractivity contribution in [1.29, 1.82) is 0 Å². The highest BCUT2D eigenvalue weighted by molar-refractivity contribution is 6.35. The van der Waals surface area contributed by atoms with Crippen LogP contribution in [0.1, 0.15) is 52.5 Å². The number of fused-ring (bicyclic) bond motifs is 1. The van der Waals surface area contributed by atoms with Gasteiger partial charge in [0.25, 0.3) is 12.3 Å². The van der Waals surface area contributed by atoms with Crippen LogP contribution in [0.15, 0.2) is 46.6 Å². The number of nitrogens with zero attached hydrogens (tertiary/aromatic N) is 5. The molecule has 2 aliphatic carbocycles. The van der Waals surface area contributed by atoms with Gasteiger partial charge in [0.05, 0.1) is 17.5 Å². The van der Waals surface area contributed by atoms with E-state index in [0.717, 1.165) is 12.8 Å². The van der Waals surface area contributed by atoms with Crippen LogP contribution in [-0.4, -0.2) is 50.5 Å². The zero-order valence-corrected chi connectivity index (χ0v) is 18.7. The van der Waals surface area contributed by atoms with Crippen LogP contribution in [0, 0.1) is 0 Å². The Hall–Kier alpha value is -3.37. The summed E-state index contributed by atoms with van der Waals surface area (Å²) in [6.07, 6.45) is 6.64. The van der Waals surface area contributed by atoms with Crippen molar-refractivity contribution in [3.05, 3.63) is 64.1 Å². The fourth-order valence-corrected chi connectivity index (χ4v) is 4.38. The summed E-state index contributed by atoms with van der Waals surface area (Å²) in [5, 5.41) is 14.5. The van der Waals surface area contributed by atoms with E-state index in [-0.39, 0.29) is 30.2 Å². The number of primary amides is 1. The fourth-order valence-electron chi connectivity index (χ4n) is 4.21. The van der Waals surface area contributed by atoms with Crippen LogP contribution in [0.5, 0.6) is 0 Å². The van der Waals surface area contributed by atoms with Gasteiger partial charge >= 0.3 is 0 Å². The van der Waals surface area contributed by atoms with Crippen LogP contribution < -0.4 is 10.6 Å². The number of aromatic nitrogens is 3. The maximum absolute atomic E-state index is 13.8. The van der Waals surface area contributed by atoms with E-state index < -0.39 is 24.1 Å². The van der Waals surface area contributed by atoms with E-state index in [1.165, 1.54) is 10.7 Å². The molecule has 0 aromatic carbocycles. The molecule has 8 nitrogen and oxygen atoms in total. The van der Waals surface area contributed by atoms with Gasteiger partial charge in [0.2, 0.25) is 0 Å². The molecule has 1 saturated heterocycles. The van der Waals surface area contributed by atoms with Crippen LogP contribution >= 0.6 is 11.6 Å². The van der Waals surface area contributed by atoms with Gasteiger partial charge in [-0.2, -0.15) is 9.61 Å². The number of β-amino-alcohol motifs (C(OH)–C–C–N with tert-alkyl or cyclic N) is 1. The predicted molar refractivity (Wildman–Crippen MR) is 125 cm³/mol. The van der Waals surface area contributed by atoms with Crippen LogP contribution in [0.4, 0.5) is 14.6 Å². The van der Waals surface area contributed by atoms with Crippen LogP contribution in [0.3, 0.4) is 0 Å². The van der Waals surface area contributed by atoms with Crippen molar-refractivity contribution in [2.24, 2.45) is 10.7 Å². The molecule has 0 atom stereocenters. The van der Waals surface area contributed by atoms with Crippen LogP contribution in [-0.2, 0) is 0 Å². The Bertz CT molecular complexity index is 1330. The van der Waals surface area contributed by atoms with Gasteiger partial charge in [0.15, 0.2) is 5.65 Å². The van der Waals surface area contributed by atoms with E-state index in [9.17, 15) is 18.7 Å². The number of carbonyl (C=O) groups is 1. The zero-order valence-electron chi connectivity index (χ0n) is 18.0. The normalized spacial score (nSPS) is 21.0. The maximum Gasteiger partial charge on any atom is 0.283 e. The summed E-state index contributed by atoms with van der Waals surface area (Å²) in [5.74, 6) is -0.458. The molecular formula is C23H21ClF2N6O2. The van der Waals surface area contributed by atoms with Gasteiger partial charge in [-0.15, -0.1) is 0 Å². The first-order valence-corrected chi connectivity index (χ1v) is 11.1. The summed E-state index contributed by atoms with van der Waals surface area (Å²) >= 11 is 6.15. The van der Waals surface area contributed by atoms with Crippen molar-refractivity contribution >= 4 is 40.8 Å². The van der Waals surface area contributed by atoms with Gasteiger partial charge in [-0.05, 0) is 31.1 Å². The highest BCUT2D eigenvalue weighted by atomic mass is 35.5. The second-order valence-electron chi connectivity index (χ2n) is 8.39. The Balaban J connectivity index is 1.82. The molecule has 0 unspecified atom stereocenters. The van der Waals surface area contributed by atoms with Crippen LogP contribution in [0.25, 0.3) is 11.7 Å². The quantitative estimate of drug-likeness (QED) is 0.649. The van der Waals surface area contributed by atoms with Crippen molar-refractivity contribution in [1.82, 2.24) is 14.6 Å². The van der Waals surface area contributed by atoms with E-state index in [1.54, 1.807) is 18.2 Å². The first-order valence-electron chi connectivity index (χ1n) is 10.7. The Morgan fingerprint density at radius 1 is 1.35 bits per heavy atom. The molecule has 0 spiro atoms. The third kappa shape index (κ3) is 3.82. The number of carbonyl (C=O) groups excluding carboxylic acids is 1. The highest BCUT2D eigenvalue weighted by Gasteiger charge is 2.37. The molecule has 3 aliphatic rings. The number of amides is 1. The first-order chi connectivity index (χ1) is 16.3. The summed E-state index contributed by atoms with van der Waals surface area (Å²) in [5.41, 5.74) is 6.96. The largest absolute Gasteiger partial charge is 0.389 e. The fraction of sp³-hybridized carbons (Fsp3) is 0.304. The number of hydrogen-bond donors (Lipinski definition) is 2. The van der Waals surface area contributed by atoms with Gasteiger partial charge in [0.1, 0.15) is 17.1 Å². The Kier molecular flexibility index (Phi) is 5.57. The maximum atomic E-state index is 13.8. The van der Waals surface area contributed by atoms with Crippen molar-refractivity contribution < 1.29 is 18.7 Å². The number of aliphatic hydroxyl groups is 1. The van der Waals surface area contributed by atoms with Gasteiger partial charge in [-0.3, -0.25) is 9.79 Å². The number of aliphatic hydroxyl groups excluding tert-OH is 1. The number of aliphatic imine (C=N–C) groups is 1. The molecule has 3 heterocycles. The summed E-state index contributed by atoms with van der Waals surface area (Å²) < 4.78 is 28.8. The molecule has 5 rings (SSSR count). The number of allylic oxidation sites excluding steroid dienone is 5. The molecule has 11 heteroatoms. The molecule has 1 amide bonds. The van der Waals surface area contributed by atoms with Crippen molar-refractivity contribution in [3.63, 3.8) is 0 Å². The third-order valence-electron chi connectivity index (χ3n) is 5.93. The lowest BCUT2D eigenvalue weighted by Gasteiger charge is -2.38. The molecule has 3 N–H and O–H groups in total. The molecule has 0 radical (unpaired) electrons. The number of nitrogens with two attached hydrogens (primary N) is 1. The Morgan fingerprint density at radius 2 is 2.09 bits per heavy atom. The van der Waals surface area contributed by atoms with Gasteiger partial charge in [-0.25, -0.2) is 13.8 Å². The number of alkyl halides is 2. The Labute approximate surface area is 198 Å². The Morgan fingerprint density at radius 3 is 2.68 bits per heavy atom. The van der Waals surface area contributed by atoms with E-state index in [0.29, 0.717) is 33.4 Å². The molecular weight excluding hydrogens is 466 g/mol. The molecule has 1 aliphatic heterocycles. The molecule has 1 saturated carbocycles. The van der Waals surface area contributed by atoms with Crippen LogP contribution in [0.2, 0.25) is 0 Å². The zero-order chi connectivity index (χ0) is 24.1. The average Bonchev–Trinajstić information content (AvgIpc) is 3.52. The van der Waals surface area contributed by atoms with E-state index >= 15 is 0 Å². The number of hydrogen-bond acceptors (Lipinski definition) is 6. The molecule has 34 heavy (non-hydrogen) atoms. The van der Waals surface area contributed by atoms with E-state index in [4.69, 9.17) is 17.3 Å². The monoisotopic (exact) mass is 486 g/mol. The summed E-state index contributed by atoms with van der Waals surface area (Å²) in [7, 11) is 0. The lowest BCUT2D eigenvalue weighted by molar-refractivity contribution is 0.0986. The summed E-state index contributed by atoms with van der Waals surface area (Å²) in [4.78, 5) is 22.9. The lowest BCUT2D eigenvalue weighted by Crippen LogP contribution is -2.52. The van der Waals surface area contributed by atoms with E-state index in [2.05, 4.69) is 21.7 Å². The highest BCUT2D eigenvalue weighted by Crippen LogP contribution is 2.45. The molecule has 0 bridgehead atoms. The topological polar surface area (TPSA) is 109 Å². The predicted octanol–water partition coefficient (Wildman–Crippen LogP) is 3.48. The average molecular weight is 487 g/mol. The number of halogens is 3. The minimum absolute atomic E-state index is 0.00894. The summed E-state index contributed by atoms with van der Waals surface area (Å²) in [6, 6.07) is 0. The molecule has 176 valence electrons. The molecule has 2 aromatic heterocycles. The number of rotatable bonds is 6. The van der Waals surface area contributed by atoms with Crippen molar-refractivity contribution in [3.8, 4) is 0 Å². The third-order valence-corrected chi connectivity index (χ3v) is 6.17. The SMILES string of the molecule is C=CN=C1C=C(Cl)C=C/C1=C\c1c(C2CC2)nc2c(C(N)=O)c(C(F)F)nn2c1N1CC(O)C1. The lowest BCUT2D eigenvalue weighted by atomic mass is 9.99. The second kappa shape index (κ2) is 8.44. The van der Waals surface area contributed by atoms with Crippen molar-refractivity contribution in [2.45, 2.75) is 31.3 Å². The van der Waals surface area contributed by atoms with Crippen molar-refractivity contribution in [2.75, 3.05) is 18.0 Å². The smallest absolute Gasteiger partial charge is 0.283 e. The first kappa shape index (κ1) is 22.4. The summed E-state index contributed by atoms with van der Waals surface area (Å²) in [6.45, 7) is 4.22. The molecule has 2 aromatic rings.